The number of hydrogen-bond acceptors (Lipinski definition) is 2. The average molecular weight is 297 g/mol. The van der Waals surface area contributed by atoms with E-state index in [4.69, 9.17) is 5.26 Å². The molecular formula is C18H16FNS. The Bertz CT molecular complexity index is 730. The van der Waals surface area contributed by atoms with Crippen LogP contribution in [0.25, 0.3) is 0 Å². The minimum atomic E-state index is -0.142. The van der Waals surface area contributed by atoms with Gasteiger partial charge in [0.1, 0.15) is 5.82 Å². The second-order valence-corrected chi connectivity index (χ2v) is 6.68. The Kier molecular flexibility index (Phi) is 3.73. The van der Waals surface area contributed by atoms with Crippen LogP contribution in [0.4, 0.5) is 4.39 Å². The highest BCUT2D eigenvalue weighted by atomic mass is 32.2. The quantitative estimate of drug-likeness (QED) is 0.732. The van der Waals surface area contributed by atoms with E-state index in [1.54, 1.807) is 6.07 Å². The average Bonchev–Trinajstić information content (AvgIpc) is 2.63. The van der Waals surface area contributed by atoms with Gasteiger partial charge in [0.15, 0.2) is 0 Å². The highest BCUT2D eigenvalue weighted by Crippen LogP contribution is 2.44. The smallest absolute Gasteiger partial charge is 0.137 e. The highest BCUT2D eigenvalue weighted by Gasteiger charge is 2.28. The molecule has 0 aliphatic carbocycles. The van der Waals surface area contributed by atoms with Gasteiger partial charge in [0.05, 0.1) is 11.6 Å². The van der Waals surface area contributed by atoms with Gasteiger partial charge in [-0.25, -0.2) is 4.39 Å². The van der Waals surface area contributed by atoms with Crippen molar-refractivity contribution in [2.24, 2.45) is 5.92 Å². The number of rotatable bonds is 1. The maximum absolute atomic E-state index is 14.2. The maximum atomic E-state index is 14.2. The Morgan fingerprint density at radius 2 is 2.05 bits per heavy atom. The van der Waals surface area contributed by atoms with Crippen LogP contribution in [-0.4, -0.2) is 0 Å². The number of halogens is 1. The molecule has 21 heavy (non-hydrogen) atoms. The first-order chi connectivity index (χ1) is 10.1. The summed E-state index contributed by atoms with van der Waals surface area (Å²) in [7, 11) is 0. The molecule has 0 amide bonds. The zero-order chi connectivity index (χ0) is 15.0. The molecule has 1 atom stereocenters. The predicted octanol–water partition coefficient (Wildman–Crippen LogP) is 5.09. The molecule has 3 rings (SSSR count). The summed E-state index contributed by atoms with van der Waals surface area (Å²) in [5, 5.41) is 9.09. The highest BCUT2D eigenvalue weighted by molar-refractivity contribution is 7.98. The van der Waals surface area contributed by atoms with Crippen molar-refractivity contribution in [3.05, 3.63) is 64.5 Å². The number of thioether (sulfide) groups is 1. The molecule has 1 nitrogen and oxygen atoms in total. The summed E-state index contributed by atoms with van der Waals surface area (Å²) in [5.74, 6) is 1.11. The molecule has 0 radical (unpaired) electrons. The fourth-order valence-corrected chi connectivity index (χ4v) is 4.18. The number of nitrogens with zero attached hydrogens (tertiary/aromatic N) is 1. The Morgan fingerprint density at radius 1 is 1.24 bits per heavy atom. The first-order valence-corrected chi connectivity index (χ1v) is 8.04. The summed E-state index contributed by atoms with van der Waals surface area (Å²) >= 11 is 1.53. The van der Waals surface area contributed by atoms with Gasteiger partial charge in [0, 0.05) is 16.6 Å². The van der Waals surface area contributed by atoms with Gasteiger partial charge in [0.25, 0.3) is 0 Å². The molecule has 0 saturated carbocycles. The van der Waals surface area contributed by atoms with Gasteiger partial charge < -0.3 is 0 Å². The minimum Gasteiger partial charge on any atom is -0.206 e. The zero-order valence-corrected chi connectivity index (χ0v) is 12.9. The summed E-state index contributed by atoms with van der Waals surface area (Å²) in [6, 6.07) is 13.4. The van der Waals surface area contributed by atoms with Gasteiger partial charge in [-0.2, -0.15) is 5.26 Å². The largest absolute Gasteiger partial charge is 0.206 e. The molecule has 106 valence electrons. The molecule has 0 fully saturated rings. The maximum Gasteiger partial charge on any atom is 0.137 e. The number of nitriles is 1. The molecule has 2 aromatic rings. The third kappa shape index (κ3) is 2.45. The van der Waals surface area contributed by atoms with Crippen molar-refractivity contribution in [1.82, 2.24) is 0 Å². The minimum absolute atomic E-state index is 0.142. The second kappa shape index (κ2) is 5.54. The molecule has 1 aliphatic rings. The normalized spacial score (nSPS) is 16.8. The Morgan fingerprint density at radius 3 is 2.76 bits per heavy atom. The van der Waals surface area contributed by atoms with E-state index >= 15 is 0 Å². The molecule has 1 heterocycles. The first kappa shape index (κ1) is 14.2. The molecule has 0 spiro atoms. The van der Waals surface area contributed by atoms with Gasteiger partial charge in [-0.3, -0.25) is 0 Å². The summed E-state index contributed by atoms with van der Waals surface area (Å²) in [6.45, 7) is 4.33. The van der Waals surface area contributed by atoms with Gasteiger partial charge in [-0.1, -0.05) is 32.0 Å². The summed E-state index contributed by atoms with van der Waals surface area (Å²) in [6.07, 6.45) is 0. The summed E-state index contributed by atoms with van der Waals surface area (Å²) < 4.78 is 14.2. The molecule has 2 aromatic carbocycles. The molecule has 0 aromatic heterocycles. The fourth-order valence-electron chi connectivity index (χ4n) is 3.06. The number of fused-ring (bicyclic) bond motifs is 2. The van der Waals surface area contributed by atoms with Crippen LogP contribution in [-0.2, 0) is 5.75 Å². The SMILES string of the molecule is CC(C)C1c2ccc(C#N)cc2CSc2c(F)cccc21. The predicted molar refractivity (Wildman–Crippen MR) is 83.8 cm³/mol. The van der Waals surface area contributed by atoms with E-state index in [2.05, 4.69) is 19.9 Å². The van der Waals surface area contributed by atoms with E-state index < -0.39 is 0 Å². The Labute approximate surface area is 128 Å². The molecule has 3 heteroatoms. The van der Waals surface area contributed by atoms with Crippen LogP contribution in [0.15, 0.2) is 41.3 Å². The van der Waals surface area contributed by atoms with Crippen molar-refractivity contribution in [3.63, 3.8) is 0 Å². The van der Waals surface area contributed by atoms with Crippen molar-refractivity contribution >= 4 is 11.8 Å². The van der Waals surface area contributed by atoms with Crippen molar-refractivity contribution < 1.29 is 4.39 Å². The second-order valence-electron chi connectivity index (χ2n) is 5.69. The van der Waals surface area contributed by atoms with Crippen molar-refractivity contribution in [2.45, 2.75) is 30.4 Å². The third-order valence-corrected chi connectivity index (χ3v) is 5.15. The zero-order valence-electron chi connectivity index (χ0n) is 12.1. The van der Waals surface area contributed by atoms with E-state index in [1.165, 1.54) is 23.4 Å². The lowest BCUT2D eigenvalue weighted by atomic mass is 9.80. The molecule has 1 unspecified atom stereocenters. The number of benzene rings is 2. The van der Waals surface area contributed by atoms with Crippen LogP contribution < -0.4 is 0 Å². The fraction of sp³-hybridized carbons (Fsp3) is 0.278. The van der Waals surface area contributed by atoms with Crippen LogP contribution >= 0.6 is 11.8 Å². The van der Waals surface area contributed by atoms with Crippen molar-refractivity contribution in [2.75, 3.05) is 0 Å². The standard InChI is InChI=1S/C18H16FNS/c1-11(2)17-14-7-6-12(9-20)8-13(14)10-21-18-15(17)4-3-5-16(18)19/h3-8,11,17H,10H2,1-2H3. The molecular weight excluding hydrogens is 281 g/mol. The first-order valence-electron chi connectivity index (χ1n) is 7.06. The molecule has 0 bridgehead atoms. The van der Waals surface area contributed by atoms with E-state index in [0.717, 1.165) is 16.0 Å². The Balaban J connectivity index is 2.23. The molecule has 0 saturated heterocycles. The van der Waals surface area contributed by atoms with Gasteiger partial charge >= 0.3 is 0 Å². The van der Waals surface area contributed by atoms with Gasteiger partial charge in [-0.05, 0) is 40.8 Å². The van der Waals surface area contributed by atoms with Crippen LogP contribution in [0, 0.1) is 23.1 Å². The lowest BCUT2D eigenvalue weighted by Gasteiger charge is -2.23. The molecule has 0 N–H and O–H groups in total. The van der Waals surface area contributed by atoms with Gasteiger partial charge in [0.2, 0.25) is 0 Å². The van der Waals surface area contributed by atoms with E-state index in [9.17, 15) is 4.39 Å². The topological polar surface area (TPSA) is 23.8 Å². The summed E-state index contributed by atoms with van der Waals surface area (Å²) in [5.41, 5.74) is 4.11. The number of hydrogen-bond donors (Lipinski definition) is 0. The van der Waals surface area contributed by atoms with E-state index in [-0.39, 0.29) is 11.7 Å². The van der Waals surface area contributed by atoms with E-state index in [0.29, 0.717) is 17.2 Å². The van der Waals surface area contributed by atoms with Crippen LogP contribution in [0.2, 0.25) is 0 Å². The van der Waals surface area contributed by atoms with Crippen LogP contribution in [0.5, 0.6) is 0 Å². The van der Waals surface area contributed by atoms with Crippen molar-refractivity contribution in [3.8, 4) is 6.07 Å². The lowest BCUT2D eigenvalue weighted by molar-refractivity contribution is 0.539. The van der Waals surface area contributed by atoms with E-state index in [1.807, 2.05) is 24.3 Å². The van der Waals surface area contributed by atoms with Crippen LogP contribution in [0.1, 0.15) is 42.0 Å². The van der Waals surface area contributed by atoms with Crippen LogP contribution in [0.3, 0.4) is 0 Å². The molecule has 1 aliphatic heterocycles. The van der Waals surface area contributed by atoms with Gasteiger partial charge in [-0.15, -0.1) is 11.8 Å². The Hall–Kier alpha value is -1.79. The third-order valence-electron chi connectivity index (χ3n) is 3.98. The van der Waals surface area contributed by atoms with Crippen molar-refractivity contribution in [1.29, 1.82) is 5.26 Å². The summed E-state index contributed by atoms with van der Waals surface area (Å²) in [4.78, 5) is 0.755. The monoisotopic (exact) mass is 297 g/mol. The lowest BCUT2D eigenvalue weighted by Crippen LogP contribution is -2.11.